The summed E-state index contributed by atoms with van der Waals surface area (Å²) in [6, 6.07) is 13.2. The Morgan fingerprint density at radius 3 is 2.76 bits per heavy atom. The first-order valence-corrected chi connectivity index (χ1v) is 11.0. The number of methoxy groups -OCH3 is 1. The number of fused-ring (bicyclic) bond motifs is 2. The Labute approximate surface area is 191 Å². The number of likely N-dealkylation sites (tertiary alicyclic amines) is 1. The summed E-state index contributed by atoms with van der Waals surface area (Å²) < 4.78 is 22.2. The molecule has 2 bridgehead atoms. The van der Waals surface area contributed by atoms with Crippen LogP contribution < -0.4 is 19.5 Å². The summed E-state index contributed by atoms with van der Waals surface area (Å²) in [4.78, 5) is 28.4. The average molecular weight is 448 g/mol. The van der Waals surface area contributed by atoms with Crippen molar-refractivity contribution in [1.82, 2.24) is 10.2 Å². The first-order valence-electron chi connectivity index (χ1n) is 11.0. The first kappa shape index (κ1) is 20.1. The van der Waals surface area contributed by atoms with Gasteiger partial charge in [-0.05, 0) is 35.4 Å². The monoisotopic (exact) mass is 448 g/mol. The molecule has 8 nitrogen and oxygen atoms in total. The summed E-state index contributed by atoms with van der Waals surface area (Å²) in [5, 5.41) is 2.99. The molecule has 4 atom stereocenters. The van der Waals surface area contributed by atoms with Gasteiger partial charge in [0.25, 0.3) is 0 Å². The van der Waals surface area contributed by atoms with Gasteiger partial charge in [0.2, 0.25) is 18.6 Å². The lowest BCUT2D eigenvalue weighted by atomic mass is 9.77. The zero-order valence-electron chi connectivity index (χ0n) is 18.2. The van der Waals surface area contributed by atoms with Crippen LogP contribution in [-0.4, -0.2) is 48.9 Å². The van der Waals surface area contributed by atoms with E-state index in [4.69, 9.17) is 18.9 Å². The quantitative estimate of drug-likeness (QED) is 0.681. The van der Waals surface area contributed by atoms with Crippen molar-refractivity contribution in [3.05, 3.63) is 65.7 Å². The maximum atomic E-state index is 13.4. The summed E-state index contributed by atoms with van der Waals surface area (Å²) >= 11 is 0. The fourth-order valence-electron chi connectivity index (χ4n) is 5.32. The number of amides is 2. The highest BCUT2D eigenvalue weighted by atomic mass is 16.7. The molecule has 4 heterocycles. The highest BCUT2D eigenvalue weighted by Gasteiger charge is 2.66. The van der Waals surface area contributed by atoms with Gasteiger partial charge in [-0.15, -0.1) is 0 Å². The smallest absolute Gasteiger partial charge is 0.231 e. The molecular formula is C25H24N2O6. The number of rotatable bonds is 6. The predicted molar refractivity (Wildman–Crippen MR) is 117 cm³/mol. The third-order valence-corrected chi connectivity index (χ3v) is 6.92. The van der Waals surface area contributed by atoms with Crippen LogP contribution in [0.2, 0.25) is 0 Å². The van der Waals surface area contributed by atoms with E-state index in [9.17, 15) is 9.59 Å². The van der Waals surface area contributed by atoms with E-state index in [0.717, 1.165) is 16.9 Å². The Morgan fingerprint density at radius 2 is 1.94 bits per heavy atom. The second-order valence-corrected chi connectivity index (χ2v) is 8.85. The molecule has 170 valence electrons. The maximum Gasteiger partial charge on any atom is 0.231 e. The van der Waals surface area contributed by atoms with E-state index in [2.05, 4.69) is 5.32 Å². The number of carbonyl (C=O) groups is 2. The Balaban J connectivity index is 1.16. The van der Waals surface area contributed by atoms with E-state index in [-0.39, 0.29) is 24.7 Å². The van der Waals surface area contributed by atoms with E-state index in [1.807, 2.05) is 54.6 Å². The molecule has 0 radical (unpaired) electrons. The zero-order chi connectivity index (χ0) is 22.6. The van der Waals surface area contributed by atoms with Gasteiger partial charge in [0.15, 0.2) is 11.5 Å². The van der Waals surface area contributed by atoms with Crippen molar-refractivity contribution >= 4 is 11.8 Å². The van der Waals surface area contributed by atoms with E-state index in [0.29, 0.717) is 31.1 Å². The van der Waals surface area contributed by atoms with Crippen LogP contribution in [0.1, 0.15) is 11.1 Å². The molecule has 1 spiro atoms. The molecule has 0 aromatic heterocycles. The SMILES string of the molecule is COc1ccc(CNC(=O)C2C3C(=O)N(Cc4ccc5c(c4)OCO5)CC34C=C[C@@H]2O4)cc1. The van der Waals surface area contributed by atoms with Gasteiger partial charge in [0, 0.05) is 13.1 Å². The Morgan fingerprint density at radius 1 is 1.15 bits per heavy atom. The molecule has 4 aliphatic rings. The number of nitrogens with one attached hydrogen (secondary N) is 1. The van der Waals surface area contributed by atoms with Crippen molar-refractivity contribution in [2.24, 2.45) is 11.8 Å². The fraction of sp³-hybridized carbons (Fsp3) is 0.360. The molecule has 8 heteroatoms. The van der Waals surface area contributed by atoms with Crippen LogP contribution in [-0.2, 0) is 27.4 Å². The first-order chi connectivity index (χ1) is 16.1. The average Bonchev–Trinajstić information content (AvgIpc) is 3.59. The summed E-state index contributed by atoms with van der Waals surface area (Å²) in [6.07, 6.45) is 3.51. The van der Waals surface area contributed by atoms with Gasteiger partial charge >= 0.3 is 0 Å². The molecule has 1 N–H and O–H groups in total. The lowest BCUT2D eigenvalue weighted by molar-refractivity contribution is -0.137. The second-order valence-electron chi connectivity index (χ2n) is 8.85. The van der Waals surface area contributed by atoms with Crippen LogP contribution in [0.3, 0.4) is 0 Å². The third-order valence-electron chi connectivity index (χ3n) is 6.92. The predicted octanol–water partition coefficient (Wildman–Crippen LogP) is 2.02. The Hall–Kier alpha value is -3.52. The highest BCUT2D eigenvalue weighted by molar-refractivity contribution is 5.93. The van der Waals surface area contributed by atoms with Gasteiger partial charge in [-0.2, -0.15) is 0 Å². The Bertz CT molecular complexity index is 1150. The Kier molecular flexibility index (Phi) is 4.58. The highest BCUT2D eigenvalue weighted by Crippen LogP contribution is 2.52. The normalized spacial score (nSPS) is 28.3. The molecular weight excluding hydrogens is 424 g/mol. The number of carbonyl (C=O) groups excluding carboxylic acids is 2. The number of benzene rings is 2. The standard InChI is InChI=1S/C25H24N2O6/c1-30-17-5-2-15(3-6-17)11-26-23(28)21-19-8-9-25(33-19)13-27(24(29)22(21)25)12-16-4-7-18-20(10-16)32-14-31-18/h2-10,19,21-22H,11-14H2,1H3,(H,26,28)/t19-,21?,22?,25?/m0/s1. The molecule has 2 aromatic rings. The van der Waals surface area contributed by atoms with Gasteiger partial charge in [-0.3, -0.25) is 9.59 Å². The van der Waals surface area contributed by atoms with Gasteiger partial charge in [0.05, 0.1) is 31.6 Å². The minimum absolute atomic E-state index is 0.0517. The van der Waals surface area contributed by atoms with Crippen LogP contribution in [0.5, 0.6) is 17.2 Å². The molecule has 3 unspecified atom stereocenters. The van der Waals surface area contributed by atoms with Gasteiger partial charge in [-0.1, -0.05) is 30.4 Å². The van der Waals surface area contributed by atoms with E-state index in [1.165, 1.54) is 0 Å². The van der Waals surface area contributed by atoms with Crippen molar-refractivity contribution < 1.29 is 28.5 Å². The van der Waals surface area contributed by atoms with Crippen LogP contribution >= 0.6 is 0 Å². The van der Waals surface area contributed by atoms with Crippen LogP contribution in [0.15, 0.2) is 54.6 Å². The zero-order valence-corrected chi connectivity index (χ0v) is 18.2. The molecule has 2 saturated heterocycles. The minimum Gasteiger partial charge on any atom is -0.497 e. The molecule has 2 amide bonds. The second kappa shape index (κ2) is 7.52. The molecule has 0 aliphatic carbocycles. The molecule has 2 aromatic carbocycles. The van der Waals surface area contributed by atoms with Crippen LogP contribution in [0, 0.1) is 11.8 Å². The van der Waals surface area contributed by atoms with Gasteiger partial charge in [0.1, 0.15) is 11.4 Å². The van der Waals surface area contributed by atoms with Crippen molar-refractivity contribution in [3.8, 4) is 17.2 Å². The fourth-order valence-corrected chi connectivity index (χ4v) is 5.32. The number of hydrogen-bond donors (Lipinski definition) is 1. The van der Waals surface area contributed by atoms with Crippen molar-refractivity contribution in [2.75, 3.05) is 20.4 Å². The lowest BCUT2D eigenvalue weighted by Crippen LogP contribution is -2.43. The number of hydrogen-bond acceptors (Lipinski definition) is 6. The van der Waals surface area contributed by atoms with Crippen LogP contribution in [0.25, 0.3) is 0 Å². The lowest BCUT2D eigenvalue weighted by Gasteiger charge is -2.23. The van der Waals surface area contributed by atoms with Crippen molar-refractivity contribution in [1.29, 1.82) is 0 Å². The topological polar surface area (TPSA) is 86.3 Å². The van der Waals surface area contributed by atoms with Gasteiger partial charge in [-0.25, -0.2) is 0 Å². The number of ether oxygens (including phenoxy) is 4. The molecule has 0 saturated carbocycles. The number of nitrogens with zero attached hydrogens (tertiary/aromatic N) is 1. The van der Waals surface area contributed by atoms with E-state index in [1.54, 1.807) is 12.0 Å². The van der Waals surface area contributed by atoms with Crippen molar-refractivity contribution in [2.45, 2.75) is 24.8 Å². The largest absolute Gasteiger partial charge is 0.497 e. The van der Waals surface area contributed by atoms with E-state index >= 15 is 0 Å². The minimum atomic E-state index is -0.736. The molecule has 33 heavy (non-hydrogen) atoms. The molecule has 4 aliphatic heterocycles. The van der Waals surface area contributed by atoms with E-state index < -0.39 is 17.4 Å². The summed E-state index contributed by atoms with van der Waals surface area (Å²) in [6.45, 7) is 1.44. The molecule has 2 fully saturated rings. The summed E-state index contributed by atoms with van der Waals surface area (Å²) in [5.41, 5.74) is 1.17. The van der Waals surface area contributed by atoms with Crippen LogP contribution in [0.4, 0.5) is 0 Å². The third kappa shape index (κ3) is 3.24. The molecule has 6 rings (SSSR count). The maximum absolute atomic E-state index is 13.4. The van der Waals surface area contributed by atoms with Crippen molar-refractivity contribution in [3.63, 3.8) is 0 Å². The van der Waals surface area contributed by atoms with Gasteiger partial charge < -0.3 is 29.2 Å². The summed E-state index contributed by atoms with van der Waals surface area (Å²) in [5.74, 6) is 0.887. The summed E-state index contributed by atoms with van der Waals surface area (Å²) in [7, 11) is 1.61.